The number of carbonyl (C=O) groups excluding carboxylic acids is 1. The van der Waals surface area contributed by atoms with Gasteiger partial charge >= 0.3 is 0 Å². The van der Waals surface area contributed by atoms with Crippen LogP contribution in [0.3, 0.4) is 0 Å². The summed E-state index contributed by atoms with van der Waals surface area (Å²) in [5.41, 5.74) is 1.70. The molecule has 0 unspecified atom stereocenters. The standard InChI is InChI=1S/C22H26F3N5O2/c1-11-19-20(29(3)12(2)21(31)30(19)4)28-22(27-11)26-9-13-5-15(6-13)32-10-14-7-16(23)18(25)17(24)8-14/h7-8,12-13,15H,5-6,9-10H2,1-4H3,(H,26,27,28)/t12-,13?,15?/m0/s1. The van der Waals surface area contributed by atoms with Gasteiger partial charge in [0.15, 0.2) is 23.3 Å². The molecule has 1 amide bonds. The third-order valence-corrected chi connectivity index (χ3v) is 6.25. The summed E-state index contributed by atoms with van der Waals surface area (Å²) >= 11 is 0. The molecule has 0 spiro atoms. The predicted octanol–water partition coefficient (Wildman–Crippen LogP) is 3.41. The van der Waals surface area contributed by atoms with Crippen molar-refractivity contribution in [1.29, 1.82) is 0 Å². The van der Waals surface area contributed by atoms with Crippen molar-refractivity contribution >= 4 is 23.4 Å². The molecule has 2 aromatic rings. The number of nitrogens with zero attached hydrogens (tertiary/aromatic N) is 4. The number of benzene rings is 1. The zero-order valence-corrected chi connectivity index (χ0v) is 18.5. The molecule has 2 aliphatic rings. The summed E-state index contributed by atoms with van der Waals surface area (Å²) in [6, 6.07) is 1.60. The summed E-state index contributed by atoms with van der Waals surface area (Å²) in [6.45, 7) is 4.39. The predicted molar refractivity (Wildman–Crippen MR) is 114 cm³/mol. The molecule has 0 bridgehead atoms. The molecular formula is C22H26F3N5O2. The molecule has 0 radical (unpaired) electrons. The molecule has 1 atom stereocenters. The largest absolute Gasteiger partial charge is 0.374 e. The van der Waals surface area contributed by atoms with E-state index in [1.54, 1.807) is 11.9 Å². The molecule has 1 aromatic heterocycles. The second-order valence-corrected chi connectivity index (χ2v) is 8.51. The molecule has 10 heteroatoms. The van der Waals surface area contributed by atoms with Gasteiger partial charge in [0.2, 0.25) is 11.9 Å². The van der Waals surface area contributed by atoms with Gasteiger partial charge in [-0.15, -0.1) is 0 Å². The smallest absolute Gasteiger partial charge is 0.249 e. The molecule has 4 rings (SSSR count). The fourth-order valence-corrected chi connectivity index (χ4v) is 4.13. The van der Waals surface area contributed by atoms with E-state index in [9.17, 15) is 18.0 Å². The summed E-state index contributed by atoms with van der Waals surface area (Å²) in [7, 11) is 3.58. The van der Waals surface area contributed by atoms with Gasteiger partial charge < -0.3 is 19.9 Å². The number of hydrogen-bond donors (Lipinski definition) is 1. The van der Waals surface area contributed by atoms with Crippen molar-refractivity contribution in [2.75, 3.05) is 35.8 Å². The maximum Gasteiger partial charge on any atom is 0.249 e. The molecule has 1 fully saturated rings. The maximum atomic E-state index is 13.3. The van der Waals surface area contributed by atoms with Gasteiger partial charge in [-0.1, -0.05) is 0 Å². The number of likely N-dealkylation sites (N-methyl/N-ethyl adjacent to an activating group) is 2. The highest BCUT2D eigenvalue weighted by Gasteiger charge is 2.35. The molecule has 7 nitrogen and oxygen atoms in total. The van der Waals surface area contributed by atoms with E-state index in [-0.39, 0.29) is 30.2 Å². The molecule has 1 aliphatic carbocycles. The molecule has 1 N–H and O–H groups in total. The Morgan fingerprint density at radius 1 is 1.16 bits per heavy atom. The highest BCUT2D eigenvalue weighted by atomic mass is 19.2. The van der Waals surface area contributed by atoms with E-state index in [1.165, 1.54) is 0 Å². The lowest BCUT2D eigenvalue weighted by Crippen LogP contribution is -2.50. The number of ether oxygens (including phenoxy) is 1. The first-order chi connectivity index (χ1) is 15.2. The van der Waals surface area contributed by atoms with E-state index >= 15 is 0 Å². The van der Waals surface area contributed by atoms with Gasteiger partial charge in [-0.3, -0.25) is 4.79 Å². The molecular weight excluding hydrogens is 423 g/mol. The van der Waals surface area contributed by atoms with Gasteiger partial charge in [-0.25, -0.2) is 18.2 Å². The molecule has 2 heterocycles. The molecule has 1 saturated carbocycles. The summed E-state index contributed by atoms with van der Waals surface area (Å²) in [6.07, 6.45) is 1.56. The Hall–Kier alpha value is -2.88. The number of fused-ring (bicyclic) bond motifs is 1. The number of nitrogens with one attached hydrogen (secondary N) is 1. The first-order valence-corrected chi connectivity index (χ1v) is 10.5. The molecule has 1 aromatic carbocycles. The van der Waals surface area contributed by atoms with Crippen LogP contribution in [0.1, 0.15) is 31.0 Å². The van der Waals surface area contributed by atoms with Crippen LogP contribution in [0.25, 0.3) is 0 Å². The number of aromatic nitrogens is 2. The minimum atomic E-state index is -1.47. The summed E-state index contributed by atoms with van der Waals surface area (Å²) in [5, 5.41) is 3.27. The Labute approximate surface area is 184 Å². The second-order valence-electron chi connectivity index (χ2n) is 8.51. The first kappa shape index (κ1) is 22.3. The van der Waals surface area contributed by atoms with Crippen LogP contribution in [0, 0.1) is 30.3 Å². The van der Waals surface area contributed by atoms with Gasteiger partial charge in [0.1, 0.15) is 11.7 Å². The lowest BCUT2D eigenvalue weighted by molar-refractivity contribution is -0.119. The van der Waals surface area contributed by atoms with E-state index in [2.05, 4.69) is 15.3 Å². The summed E-state index contributed by atoms with van der Waals surface area (Å²) in [4.78, 5) is 24.9. The molecule has 0 saturated heterocycles. The second kappa shape index (κ2) is 8.57. The third kappa shape index (κ3) is 4.11. The van der Waals surface area contributed by atoms with Crippen LogP contribution in [0.15, 0.2) is 12.1 Å². The fraction of sp³-hybridized carbons (Fsp3) is 0.500. The van der Waals surface area contributed by atoms with Crippen LogP contribution < -0.4 is 15.1 Å². The van der Waals surface area contributed by atoms with Crippen molar-refractivity contribution in [3.05, 3.63) is 40.8 Å². The van der Waals surface area contributed by atoms with Crippen molar-refractivity contribution in [2.24, 2.45) is 5.92 Å². The van der Waals surface area contributed by atoms with Crippen LogP contribution in [-0.2, 0) is 16.1 Å². The lowest BCUT2D eigenvalue weighted by Gasteiger charge is -2.38. The highest BCUT2D eigenvalue weighted by Crippen LogP contribution is 2.36. The van der Waals surface area contributed by atoms with Gasteiger partial charge in [0, 0.05) is 20.6 Å². The Morgan fingerprint density at radius 3 is 2.47 bits per heavy atom. The van der Waals surface area contributed by atoms with Crippen LogP contribution >= 0.6 is 0 Å². The molecule has 172 valence electrons. The Morgan fingerprint density at radius 2 is 1.81 bits per heavy atom. The summed E-state index contributed by atoms with van der Waals surface area (Å²) < 4.78 is 45.3. The fourth-order valence-electron chi connectivity index (χ4n) is 4.13. The Kier molecular flexibility index (Phi) is 5.98. The number of aryl methyl sites for hydroxylation is 1. The number of carbonyl (C=O) groups is 1. The van der Waals surface area contributed by atoms with E-state index in [0.717, 1.165) is 30.7 Å². The van der Waals surface area contributed by atoms with Gasteiger partial charge in [-0.05, 0) is 50.3 Å². The monoisotopic (exact) mass is 449 g/mol. The average Bonchev–Trinajstić information content (AvgIpc) is 2.72. The number of anilines is 3. The number of hydrogen-bond acceptors (Lipinski definition) is 6. The number of amides is 1. The van der Waals surface area contributed by atoms with Crippen molar-refractivity contribution in [3.8, 4) is 0 Å². The Bertz CT molecular complexity index is 1020. The van der Waals surface area contributed by atoms with Gasteiger partial charge in [-0.2, -0.15) is 4.98 Å². The minimum Gasteiger partial charge on any atom is -0.374 e. The highest BCUT2D eigenvalue weighted by molar-refractivity contribution is 6.04. The quantitative estimate of drug-likeness (QED) is 0.682. The van der Waals surface area contributed by atoms with Gasteiger partial charge in [0.05, 0.1) is 18.4 Å². The van der Waals surface area contributed by atoms with E-state index < -0.39 is 17.5 Å². The SMILES string of the molecule is Cc1nc(NCC2CC(OCc3cc(F)c(F)c(F)c3)C2)nc2c1N(C)C(=O)[C@H](C)N2C. The van der Waals surface area contributed by atoms with E-state index in [0.29, 0.717) is 29.9 Å². The maximum absolute atomic E-state index is 13.3. The zero-order chi connectivity index (χ0) is 23.2. The van der Waals surface area contributed by atoms with Crippen molar-refractivity contribution in [1.82, 2.24) is 9.97 Å². The normalized spacial score (nSPS) is 22.6. The van der Waals surface area contributed by atoms with Crippen molar-refractivity contribution in [2.45, 2.75) is 45.4 Å². The minimum absolute atomic E-state index is 0.000895. The molecule has 1 aliphatic heterocycles. The number of rotatable bonds is 6. The zero-order valence-electron chi connectivity index (χ0n) is 18.5. The third-order valence-electron chi connectivity index (χ3n) is 6.25. The van der Waals surface area contributed by atoms with Crippen molar-refractivity contribution < 1.29 is 22.7 Å². The lowest BCUT2D eigenvalue weighted by atomic mass is 9.82. The van der Waals surface area contributed by atoms with Crippen LogP contribution in [0.4, 0.5) is 30.6 Å². The average molecular weight is 449 g/mol. The van der Waals surface area contributed by atoms with Crippen LogP contribution in [-0.4, -0.2) is 48.7 Å². The van der Waals surface area contributed by atoms with Gasteiger partial charge in [0.25, 0.3) is 0 Å². The van der Waals surface area contributed by atoms with Crippen LogP contribution in [0.5, 0.6) is 0 Å². The van der Waals surface area contributed by atoms with Crippen molar-refractivity contribution in [3.63, 3.8) is 0 Å². The Balaban J connectivity index is 1.30. The number of halogens is 3. The van der Waals surface area contributed by atoms with Crippen LogP contribution in [0.2, 0.25) is 0 Å². The van der Waals surface area contributed by atoms with E-state index in [4.69, 9.17) is 4.74 Å². The summed E-state index contributed by atoms with van der Waals surface area (Å²) in [5.74, 6) is -2.33. The molecule has 32 heavy (non-hydrogen) atoms. The topological polar surface area (TPSA) is 70.6 Å². The first-order valence-electron chi connectivity index (χ1n) is 10.5. The van der Waals surface area contributed by atoms with E-state index in [1.807, 2.05) is 25.8 Å².